The van der Waals surface area contributed by atoms with Gasteiger partial charge >= 0.3 is 0 Å². The zero-order chi connectivity index (χ0) is 17.9. The van der Waals surface area contributed by atoms with Gasteiger partial charge in [-0.2, -0.15) is 0 Å². The Morgan fingerprint density at radius 3 is 2.77 bits per heavy atom. The van der Waals surface area contributed by atoms with Crippen LogP contribution in [0.4, 0.5) is 0 Å². The average Bonchev–Trinajstić information content (AvgIpc) is 3.29. The number of aliphatic hydroxyl groups excluding tert-OH is 1. The summed E-state index contributed by atoms with van der Waals surface area (Å²) in [6.07, 6.45) is 6.28. The topological polar surface area (TPSA) is 47.3 Å². The maximum absolute atomic E-state index is 10.4. The van der Waals surface area contributed by atoms with Gasteiger partial charge in [0.15, 0.2) is 0 Å². The van der Waals surface area contributed by atoms with Gasteiger partial charge in [-0.25, -0.2) is 4.98 Å². The molecule has 0 saturated carbocycles. The standard InChI is InChI=1S/C22H24N2O2/c1-16-23-21-8-4-5-9-22(21)24(16)14-19(25)15-26-20-12-10-18(11-13-20)17-6-2-3-7-17/h2,4-6,8-13,17,19,25H,3,7,14-15H2,1H3/t17-,19-/m0/s1. The normalized spacial score (nSPS) is 17.7. The number of hydrogen-bond acceptors (Lipinski definition) is 3. The number of para-hydroxylation sites is 2. The van der Waals surface area contributed by atoms with Gasteiger partial charge in [-0.3, -0.25) is 0 Å². The summed E-state index contributed by atoms with van der Waals surface area (Å²) in [5.74, 6) is 2.23. The first-order valence-electron chi connectivity index (χ1n) is 9.20. The lowest BCUT2D eigenvalue weighted by molar-refractivity contribution is 0.0929. The summed E-state index contributed by atoms with van der Waals surface area (Å²) >= 11 is 0. The molecule has 26 heavy (non-hydrogen) atoms. The first-order chi connectivity index (χ1) is 12.7. The molecular weight excluding hydrogens is 324 g/mol. The number of hydrogen-bond donors (Lipinski definition) is 1. The molecule has 2 atom stereocenters. The molecule has 3 aromatic rings. The Bertz CT molecular complexity index is 912. The molecule has 0 unspecified atom stereocenters. The number of ether oxygens (including phenoxy) is 1. The van der Waals surface area contributed by atoms with Crippen LogP contribution < -0.4 is 4.74 Å². The number of imidazole rings is 1. The number of benzene rings is 2. The Kier molecular flexibility index (Phi) is 4.76. The quantitative estimate of drug-likeness (QED) is 0.679. The smallest absolute Gasteiger partial charge is 0.119 e. The summed E-state index contributed by atoms with van der Waals surface area (Å²) in [6.45, 7) is 2.69. The predicted octanol–water partition coefficient (Wildman–Crippen LogP) is 4.22. The van der Waals surface area contributed by atoms with Crippen LogP contribution in [0.1, 0.15) is 30.1 Å². The molecule has 134 valence electrons. The second-order valence-corrected chi connectivity index (χ2v) is 6.90. The first kappa shape index (κ1) is 16.9. The van der Waals surface area contributed by atoms with E-state index in [9.17, 15) is 5.11 Å². The fourth-order valence-electron chi connectivity index (χ4n) is 3.60. The molecule has 4 heteroatoms. The van der Waals surface area contributed by atoms with Crippen molar-refractivity contribution in [2.75, 3.05) is 6.61 Å². The highest BCUT2D eigenvalue weighted by molar-refractivity contribution is 5.75. The molecule has 1 aromatic heterocycles. The van der Waals surface area contributed by atoms with Gasteiger partial charge in [0, 0.05) is 5.92 Å². The van der Waals surface area contributed by atoms with Crippen LogP contribution in [0.2, 0.25) is 0 Å². The van der Waals surface area contributed by atoms with Crippen molar-refractivity contribution in [3.05, 3.63) is 72.1 Å². The van der Waals surface area contributed by atoms with E-state index >= 15 is 0 Å². The van der Waals surface area contributed by atoms with E-state index in [-0.39, 0.29) is 6.61 Å². The molecule has 1 aliphatic carbocycles. The molecular formula is C22H24N2O2. The van der Waals surface area contributed by atoms with Crippen LogP contribution in [0.25, 0.3) is 11.0 Å². The fourth-order valence-corrected chi connectivity index (χ4v) is 3.60. The second-order valence-electron chi connectivity index (χ2n) is 6.90. The Morgan fingerprint density at radius 1 is 1.19 bits per heavy atom. The lowest BCUT2D eigenvalue weighted by Gasteiger charge is -2.15. The summed E-state index contributed by atoms with van der Waals surface area (Å²) in [7, 11) is 0. The van der Waals surface area contributed by atoms with E-state index in [4.69, 9.17) is 4.74 Å². The molecule has 0 spiro atoms. The van der Waals surface area contributed by atoms with Crippen molar-refractivity contribution in [3.63, 3.8) is 0 Å². The van der Waals surface area contributed by atoms with Gasteiger partial charge in [0.2, 0.25) is 0 Å². The van der Waals surface area contributed by atoms with Gasteiger partial charge in [-0.1, -0.05) is 36.4 Å². The van der Waals surface area contributed by atoms with Crippen LogP contribution in [-0.4, -0.2) is 27.4 Å². The van der Waals surface area contributed by atoms with Crippen molar-refractivity contribution in [2.24, 2.45) is 0 Å². The van der Waals surface area contributed by atoms with Gasteiger partial charge in [0.05, 0.1) is 17.6 Å². The van der Waals surface area contributed by atoms with Crippen LogP contribution in [0.15, 0.2) is 60.7 Å². The lowest BCUT2D eigenvalue weighted by Crippen LogP contribution is -2.24. The van der Waals surface area contributed by atoms with E-state index in [1.54, 1.807) is 0 Å². The number of nitrogens with zero attached hydrogens (tertiary/aromatic N) is 2. The SMILES string of the molecule is Cc1nc2ccccc2n1C[C@H](O)COc1ccc([C@H]2C=CCC2)cc1. The van der Waals surface area contributed by atoms with E-state index < -0.39 is 6.10 Å². The molecule has 0 bridgehead atoms. The molecule has 1 N–H and O–H groups in total. The molecule has 4 rings (SSSR count). The van der Waals surface area contributed by atoms with Crippen LogP contribution in [0.5, 0.6) is 5.75 Å². The molecule has 0 radical (unpaired) electrons. The zero-order valence-electron chi connectivity index (χ0n) is 15.0. The monoisotopic (exact) mass is 348 g/mol. The van der Waals surface area contributed by atoms with Crippen molar-refractivity contribution >= 4 is 11.0 Å². The summed E-state index contributed by atoms with van der Waals surface area (Å²) in [6, 6.07) is 16.2. The van der Waals surface area contributed by atoms with Crippen LogP contribution in [0.3, 0.4) is 0 Å². The molecule has 0 saturated heterocycles. The summed E-state index contributed by atoms with van der Waals surface area (Å²) < 4.78 is 7.82. The Hall–Kier alpha value is -2.59. The highest BCUT2D eigenvalue weighted by Crippen LogP contribution is 2.29. The van der Waals surface area contributed by atoms with Crippen LogP contribution in [-0.2, 0) is 6.54 Å². The maximum Gasteiger partial charge on any atom is 0.119 e. The minimum Gasteiger partial charge on any atom is -0.491 e. The third kappa shape index (κ3) is 3.51. The highest BCUT2D eigenvalue weighted by atomic mass is 16.5. The van der Waals surface area contributed by atoms with E-state index in [1.807, 2.05) is 47.9 Å². The Labute approximate surface area is 153 Å². The Balaban J connectivity index is 1.37. The maximum atomic E-state index is 10.4. The van der Waals surface area contributed by atoms with E-state index in [0.29, 0.717) is 12.5 Å². The molecule has 4 nitrogen and oxygen atoms in total. The van der Waals surface area contributed by atoms with Crippen molar-refractivity contribution in [2.45, 2.75) is 38.3 Å². The molecule has 0 aliphatic heterocycles. The molecule has 2 aromatic carbocycles. The lowest BCUT2D eigenvalue weighted by atomic mass is 9.99. The van der Waals surface area contributed by atoms with E-state index in [1.165, 1.54) is 12.0 Å². The number of aliphatic hydroxyl groups is 1. The predicted molar refractivity (Wildman–Crippen MR) is 104 cm³/mol. The number of allylic oxidation sites excluding steroid dienone is 2. The highest BCUT2D eigenvalue weighted by Gasteiger charge is 2.14. The first-order valence-corrected chi connectivity index (χ1v) is 9.20. The number of fused-ring (bicyclic) bond motifs is 1. The number of rotatable bonds is 6. The van der Waals surface area contributed by atoms with Crippen LogP contribution >= 0.6 is 0 Å². The number of aromatic nitrogens is 2. The van der Waals surface area contributed by atoms with Crippen LogP contribution in [0, 0.1) is 6.92 Å². The van der Waals surface area contributed by atoms with Crippen molar-refractivity contribution < 1.29 is 9.84 Å². The largest absolute Gasteiger partial charge is 0.491 e. The van der Waals surface area contributed by atoms with Crippen molar-refractivity contribution in [1.29, 1.82) is 0 Å². The van der Waals surface area contributed by atoms with E-state index in [0.717, 1.165) is 29.0 Å². The minimum absolute atomic E-state index is 0.259. The van der Waals surface area contributed by atoms with Crippen molar-refractivity contribution in [1.82, 2.24) is 9.55 Å². The third-order valence-electron chi connectivity index (χ3n) is 5.00. The summed E-state index contributed by atoms with van der Waals surface area (Å²) in [4.78, 5) is 4.54. The molecule has 1 heterocycles. The average molecular weight is 348 g/mol. The fraction of sp³-hybridized carbons (Fsp3) is 0.318. The van der Waals surface area contributed by atoms with Gasteiger partial charge < -0.3 is 14.4 Å². The third-order valence-corrected chi connectivity index (χ3v) is 5.00. The minimum atomic E-state index is -0.594. The van der Waals surface area contributed by atoms with Gasteiger partial charge in [-0.05, 0) is 49.6 Å². The van der Waals surface area contributed by atoms with Gasteiger partial charge in [0.1, 0.15) is 24.3 Å². The number of aryl methyl sites for hydroxylation is 1. The van der Waals surface area contributed by atoms with Gasteiger partial charge in [-0.15, -0.1) is 0 Å². The molecule has 0 amide bonds. The zero-order valence-corrected chi connectivity index (χ0v) is 15.0. The Morgan fingerprint density at radius 2 is 2.00 bits per heavy atom. The molecule has 0 fully saturated rings. The van der Waals surface area contributed by atoms with E-state index in [2.05, 4.69) is 29.3 Å². The van der Waals surface area contributed by atoms with Crippen molar-refractivity contribution in [3.8, 4) is 5.75 Å². The summed E-state index contributed by atoms with van der Waals surface area (Å²) in [5.41, 5.74) is 3.32. The summed E-state index contributed by atoms with van der Waals surface area (Å²) in [5, 5.41) is 10.4. The van der Waals surface area contributed by atoms with Gasteiger partial charge in [0.25, 0.3) is 0 Å². The molecule has 1 aliphatic rings. The second kappa shape index (κ2) is 7.34.